The first-order valence-corrected chi connectivity index (χ1v) is 10.2. The van der Waals surface area contributed by atoms with E-state index < -0.39 is 0 Å². The summed E-state index contributed by atoms with van der Waals surface area (Å²) in [6.45, 7) is 8.67. The van der Waals surface area contributed by atoms with Gasteiger partial charge in [-0.2, -0.15) is 17.2 Å². The fourth-order valence-electron chi connectivity index (χ4n) is 3.08. The van der Waals surface area contributed by atoms with Crippen LogP contribution in [0, 0.1) is 18.1 Å². The van der Waals surface area contributed by atoms with Gasteiger partial charge in [0.25, 0.3) is 0 Å². The van der Waals surface area contributed by atoms with Gasteiger partial charge in [-0.3, -0.25) is 12.2 Å². The molecule has 2 aliphatic carbocycles. The van der Waals surface area contributed by atoms with Crippen LogP contribution in [-0.4, -0.2) is 0 Å². The predicted molar refractivity (Wildman–Crippen MR) is 122 cm³/mol. The Bertz CT molecular complexity index is 774. The standard InChI is InChI=1S/C14H14.C9H13.C5H5.Hf/c1-3-7-13(8-4-1)11-12-14-9-5-2-6-10-14;1-6-5-7(2)9(4)8(6)3;1-2-4-5-3-1;/h1-10H,11-12H2;6H,1-4H3;1-3H,4H2;/q;2*-1;. The molecule has 0 nitrogen and oxygen atoms in total. The van der Waals surface area contributed by atoms with Gasteiger partial charge >= 0.3 is 0 Å². The van der Waals surface area contributed by atoms with Crippen molar-refractivity contribution in [1.82, 2.24) is 0 Å². The Kier molecular flexibility index (Phi) is 12.5. The fraction of sp³-hybridized carbons (Fsp3) is 0.286. The van der Waals surface area contributed by atoms with Gasteiger partial charge in [0.1, 0.15) is 0 Å². The zero-order valence-electron chi connectivity index (χ0n) is 18.2. The Morgan fingerprint density at radius 1 is 0.828 bits per heavy atom. The topological polar surface area (TPSA) is 0 Å². The second kappa shape index (κ2) is 14.3. The van der Waals surface area contributed by atoms with Crippen molar-refractivity contribution >= 4 is 0 Å². The van der Waals surface area contributed by atoms with Crippen molar-refractivity contribution in [2.24, 2.45) is 5.92 Å². The summed E-state index contributed by atoms with van der Waals surface area (Å²) in [5, 5.41) is 0. The molecule has 4 rings (SSSR count). The van der Waals surface area contributed by atoms with E-state index >= 15 is 0 Å². The molecular weight excluding hydrogens is 515 g/mol. The average molecular weight is 547 g/mol. The van der Waals surface area contributed by atoms with Gasteiger partial charge in [0.05, 0.1) is 0 Å². The quantitative estimate of drug-likeness (QED) is 0.276. The van der Waals surface area contributed by atoms with Crippen molar-refractivity contribution in [2.45, 2.75) is 47.0 Å². The first kappa shape index (κ1) is 25.3. The molecule has 1 heteroatoms. The molecule has 0 amide bonds. The van der Waals surface area contributed by atoms with E-state index in [-0.39, 0.29) is 25.8 Å². The molecule has 0 saturated carbocycles. The van der Waals surface area contributed by atoms with E-state index in [1.54, 1.807) is 0 Å². The Balaban J connectivity index is 0.000000240. The molecule has 0 aromatic heterocycles. The van der Waals surface area contributed by atoms with Crippen LogP contribution >= 0.6 is 0 Å². The van der Waals surface area contributed by atoms with Gasteiger partial charge in [0, 0.05) is 25.8 Å². The van der Waals surface area contributed by atoms with Crippen molar-refractivity contribution in [3.8, 4) is 0 Å². The molecule has 0 bridgehead atoms. The molecule has 29 heavy (non-hydrogen) atoms. The van der Waals surface area contributed by atoms with Gasteiger partial charge in [-0.15, -0.1) is 13.3 Å². The summed E-state index contributed by atoms with van der Waals surface area (Å²) in [5.41, 5.74) is 7.07. The second-order valence-electron chi connectivity index (χ2n) is 7.27. The Labute approximate surface area is 196 Å². The maximum absolute atomic E-state index is 3.36. The van der Waals surface area contributed by atoms with E-state index in [1.807, 2.05) is 12.2 Å². The molecular formula is C28H32Hf-2. The van der Waals surface area contributed by atoms with Crippen molar-refractivity contribution in [3.63, 3.8) is 0 Å². The molecule has 0 radical (unpaired) electrons. The zero-order valence-corrected chi connectivity index (χ0v) is 21.8. The van der Waals surface area contributed by atoms with Crippen molar-refractivity contribution in [1.29, 1.82) is 0 Å². The summed E-state index contributed by atoms with van der Waals surface area (Å²) in [7, 11) is 0. The van der Waals surface area contributed by atoms with Crippen LogP contribution in [-0.2, 0) is 38.7 Å². The maximum atomic E-state index is 3.36. The summed E-state index contributed by atoms with van der Waals surface area (Å²) in [6.07, 6.45) is 15.6. The molecule has 2 aromatic rings. The van der Waals surface area contributed by atoms with Gasteiger partial charge in [-0.25, -0.2) is 17.7 Å². The molecule has 1 atom stereocenters. The molecule has 1 unspecified atom stereocenters. The minimum absolute atomic E-state index is 0. The van der Waals surface area contributed by atoms with Crippen LogP contribution in [0.25, 0.3) is 0 Å². The third-order valence-electron chi connectivity index (χ3n) is 5.21. The Hall–Kier alpha value is -1.73. The zero-order chi connectivity index (χ0) is 20.2. The first-order chi connectivity index (χ1) is 13.6. The van der Waals surface area contributed by atoms with Gasteiger partial charge in [0.15, 0.2) is 0 Å². The average Bonchev–Trinajstić information content (AvgIpc) is 3.39. The summed E-state index contributed by atoms with van der Waals surface area (Å²) in [4.78, 5) is 0. The van der Waals surface area contributed by atoms with Gasteiger partial charge < -0.3 is 0 Å². The molecule has 0 spiro atoms. The summed E-state index contributed by atoms with van der Waals surface area (Å²) in [6, 6.07) is 21.2. The van der Waals surface area contributed by atoms with Crippen LogP contribution in [0.3, 0.4) is 0 Å². The number of allylic oxidation sites excluding steroid dienone is 8. The van der Waals surface area contributed by atoms with E-state index in [4.69, 9.17) is 0 Å². The van der Waals surface area contributed by atoms with Gasteiger partial charge in [-0.05, 0) is 24.0 Å². The largest absolute Gasteiger partial charge is 0.273 e. The second-order valence-corrected chi connectivity index (χ2v) is 7.27. The van der Waals surface area contributed by atoms with Gasteiger partial charge in [-0.1, -0.05) is 87.4 Å². The van der Waals surface area contributed by atoms with Crippen molar-refractivity contribution in [3.05, 3.63) is 119 Å². The molecule has 0 saturated heterocycles. The maximum Gasteiger partial charge on any atom is 0 e. The Morgan fingerprint density at radius 3 is 1.59 bits per heavy atom. The van der Waals surface area contributed by atoms with Crippen LogP contribution in [0.4, 0.5) is 0 Å². The van der Waals surface area contributed by atoms with E-state index in [0.717, 1.165) is 19.3 Å². The molecule has 2 aliphatic rings. The number of hydrogen-bond acceptors (Lipinski definition) is 0. The van der Waals surface area contributed by atoms with Crippen LogP contribution in [0.5, 0.6) is 0 Å². The van der Waals surface area contributed by atoms with Crippen LogP contribution in [0.1, 0.15) is 45.2 Å². The predicted octanol–water partition coefficient (Wildman–Crippen LogP) is 7.50. The van der Waals surface area contributed by atoms with E-state index in [2.05, 4.69) is 107 Å². The Morgan fingerprint density at radius 2 is 1.34 bits per heavy atom. The number of rotatable bonds is 3. The summed E-state index contributed by atoms with van der Waals surface area (Å²) < 4.78 is 0. The van der Waals surface area contributed by atoms with Crippen LogP contribution in [0.2, 0.25) is 0 Å². The van der Waals surface area contributed by atoms with Crippen LogP contribution in [0.15, 0.2) is 95.6 Å². The smallest absolute Gasteiger partial charge is 0 e. The summed E-state index contributed by atoms with van der Waals surface area (Å²) in [5.74, 6) is 0.560. The summed E-state index contributed by atoms with van der Waals surface area (Å²) >= 11 is 0. The number of hydrogen-bond donors (Lipinski definition) is 0. The first-order valence-electron chi connectivity index (χ1n) is 10.2. The molecule has 0 heterocycles. The normalized spacial score (nSPS) is 16.3. The minimum Gasteiger partial charge on any atom is -0.273 e. The third-order valence-corrected chi connectivity index (χ3v) is 5.21. The molecule has 0 aliphatic heterocycles. The fourth-order valence-corrected chi connectivity index (χ4v) is 3.08. The molecule has 0 N–H and O–H groups in total. The molecule has 150 valence electrons. The van der Waals surface area contributed by atoms with Crippen molar-refractivity contribution < 1.29 is 25.8 Å². The SMILES string of the molecule is CC1=[C-]C(C)C(C)=C1C.[C-]1=CC=CC1.[Hf].c1ccc(CCc2ccccc2)cc1. The minimum atomic E-state index is 0. The molecule has 2 aromatic carbocycles. The number of aryl methyl sites for hydroxylation is 2. The monoisotopic (exact) mass is 548 g/mol. The number of benzene rings is 2. The van der Waals surface area contributed by atoms with E-state index in [0.29, 0.717) is 5.92 Å². The van der Waals surface area contributed by atoms with E-state index in [1.165, 1.54) is 27.8 Å². The third kappa shape index (κ3) is 9.54. The van der Waals surface area contributed by atoms with Crippen LogP contribution < -0.4 is 0 Å². The van der Waals surface area contributed by atoms with E-state index in [9.17, 15) is 0 Å². The van der Waals surface area contributed by atoms with Gasteiger partial charge in [0.2, 0.25) is 0 Å². The van der Waals surface area contributed by atoms with Crippen molar-refractivity contribution in [2.75, 3.05) is 0 Å². The molecule has 0 fully saturated rings.